The van der Waals surface area contributed by atoms with Crippen LogP contribution in [0.1, 0.15) is 54.9 Å². The van der Waals surface area contributed by atoms with E-state index in [1.807, 2.05) is 0 Å². The second-order valence-corrected chi connectivity index (χ2v) is 6.33. The van der Waals surface area contributed by atoms with Crippen LogP contribution in [0.4, 0.5) is 0 Å². The first-order valence-corrected chi connectivity index (χ1v) is 6.61. The van der Waals surface area contributed by atoms with Crippen LogP contribution < -0.4 is 0 Å². The van der Waals surface area contributed by atoms with Crippen molar-refractivity contribution in [2.24, 2.45) is 0 Å². The molecule has 0 atom stereocenters. The molecule has 0 spiro atoms. The standard InChI is InChI=1S/C14H32N2/c1-9-16(10-2)14(6,7)11-12-15(8)13(3,4)5/h9-12H2,1-8H3. The van der Waals surface area contributed by atoms with Crippen LogP contribution >= 0.6 is 0 Å². The zero-order chi connectivity index (χ0) is 13.0. The first-order chi connectivity index (χ1) is 7.15. The summed E-state index contributed by atoms with van der Waals surface area (Å²) >= 11 is 0. The number of hydrogen-bond acceptors (Lipinski definition) is 2. The van der Waals surface area contributed by atoms with Crippen LogP contribution in [0.2, 0.25) is 0 Å². The molecule has 0 saturated heterocycles. The van der Waals surface area contributed by atoms with E-state index in [-0.39, 0.29) is 5.54 Å². The molecule has 0 radical (unpaired) electrons. The predicted molar refractivity (Wildman–Crippen MR) is 74.0 cm³/mol. The van der Waals surface area contributed by atoms with Crippen molar-refractivity contribution in [1.82, 2.24) is 9.80 Å². The highest BCUT2D eigenvalue weighted by Crippen LogP contribution is 2.20. The Kier molecular flexibility index (Phi) is 5.99. The van der Waals surface area contributed by atoms with E-state index in [0.717, 1.165) is 19.6 Å². The summed E-state index contributed by atoms with van der Waals surface area (Å²) in [7, 11) is 2.22. The van der Waals surface area contributed by atoms with Crippen LogP contribution in [0.25, 0.3) is 0 Å². The van der Waals surface area contributed by atoms with Gasteiger partial charge in [-0.15, -0.1) is 0 Å². The van der Waals surface area contributed by atoms with Gasteiger partial charge in [-0.2, -0.15) is 0 Å². The van der Waals surface area contributed by atoms with Gasteiger partial charge in [-0.25, -0.2) is 0 Å². The summed E-state index contributed by atoms with van der Waals surface area (Å²) in [4.78, 5) is 4.99. The molecule has 0 aromatic heterocycles. The van der Waals surface area contributed by atoms with Gasteiger partial charge >= 0.3 is 0 Å². The second kappa shape index (κ2) is 6.02. The van der Waals surface area contributed by atoms with Crippen molar-refractivity contribution < 1.29 is 0 Å². The Hall–Kier alpha value is -0.0800. The molecular weight excluding hydrogens is 196 g/mol. The monoisotopic (exact) mass is 228 g/mol. The van der Waals surface area contributed by atoms with E-state index < -0.39 is 0 Å². The van der Waals surface area contributed by atoms with Gasteiger partial charge in [0.15, 0.2) is 0 Å². The summed E-state index contributed by atoms with van der Waals surface area (Å²) in [5.41, 5.74) is 0.586. The molecular formula is C14H32N2. The fourth-order valence-electron chi connectivity index (χ4n) is 2.01. The molecule has 0 heterocycles. The Balaban J connectivity index is 4.28. The molecule has 0 rings (SSSR count). The van der Waals surface area contributed by atoms with Crippen molar-refractivity contribution in [2.75, 3.05) is 26.7 Å². The first-order valence-electron chi connectivity index (χ1n) is 6.61. The minimum absolute atomic E-state index is 0.277. The minimum atomic E-state index is 0.277. The summed E-state index contributed by atoms with van der Waals surface area (Å²) in [5, 5.41) is 0. The second-order valence-electron chi connectivity index (χ2n) is 6.33. The van der Waals surface area contributed by atoms with Crippen molar-refractivity contribution in [2.45, 2.75) is 66.0 Å². The molecule has 16 heavy (non-hydrogen) atoms. The molecule has 0 amide bonds. The molecule has 98 valence electrons. The fraction of sp³-hybridized carbons (Fsp3) is 1.00. The molecule has 2 heteroatoms. The average molecular weight is 228 g/mol. The predicted octanol–water partition coefficient (Wildman–Crippen LogP) is 3.23. The Labute approximate surface area is 103 Å². The summed E-state index contributed by atoms with van der Waals surface area (Å²) in [6.45, 7) is 19.5. The van der Waals surface area contributed by atoms with Crippen molar-refractivity contribution in [1.29, 1.82) is 0 Å². The Bertz CT molecular complexity index is 187. The van der Waals surface area contributed by atoms with E-state index in [0.29, 0.717) is 5.54 Å². The third-order valence-electron chi connectivity index (χ3n) is 3.82. The smallest absolute Gasteiger partial charge is 0.0165 e. The summed E-state index contributed by atoms with van der Waals surface area (Å²) in [5.74, 6) is 0. The zero-order valence-corrected chi connectivity index (χ0v) is 12.7. The minimum Gasteiger partial charge on any atom is -0.301 e. The Morgan fingerprint density at radius 1 is 0.875 bits per heavy atom. The van der Waals surface area contributed by atoms with Crippen LogP contribution in [-0.4, -0.2) is 47.6 Å². The van der Waals surface area contributed by atoms with Crippen LogP contribution in [0, 0.1) is 0 Å². The topological polar surface area (TPSA) is 6.48 Å². The maximum absolute atomic E-state index is 2.55. The molecule has 0 aliphatic carbocycles. The highest BCUT2D eigenvalue weighted by molar-refractivity contribution is 4.83. The first kappa shape index (κ1) is 15.9. The van der Waals surface area contributed by atoms with Gasteiger partial charge in [-0.05, 0) is 61.2 Å². The average Bonchev–Trinajstić information content (AvgIpc) is 2.14. The largest absolute Gasteiger partial charge is 0.301 e. The van der Waals surface area contributed by atoms with Gasteiger partial charge in [0.1, 0.15) is 0 Å². The van der Waals surface area contributed by atoms with Crippen LogP contribution in [0.3, 0.4) is 0 Å². The molecule has 2 nitrogen and oxygen atoms in total. The summed E-state index contributed by atoms with van der Waals surface area (Å²) in [6.07, 6.45) is 1.22. The molecule has 0 aliphatic rings. The quantitative estimate of drug-likeness (QED) is 0.689. The Morgan fingerprint density at radius 3 is 1.62 bits per heavy atom. The lowest BCUT2D eigenvalue weighted by molar-refractivity contribution is 0.0913. The molecule has 0 bridgehead atoms. The third-order valence-corrected chi connectivity index (χ3v) is 3.82. The normalized spacial score (nSPS) is 13.9. The van der Waals surface area contributed by atoms with E-state index in [9.17, 15) is 0 Å². The molecule has 0 unspecified atom stereocenters. The number of hydrogen-bond donors (Lipinski definition) is 0. The van der Waals surface area contributed by atoms with Gasteiger partial charge in [0.05, 0.1) is 0 Å². The number of rotatable bonds is 6. The third kappa shape index (κ3) is 4.84. The lowest BCUT2D eigenvalue weighted by Gasteiger charge is -2.40. The molecule has 0 fully saturated rings. The lowest BCUT2D eigenvalue weighted by Crippen LogP contribution is -2.47. The fourth-order valence-corrected chi connectivity index (χ4v) is 2.01. The van der Waals surface area contributed by atoms with Crippen molar-refractivity contribution in [3.63, 3.8) is 0 Å². The molecule has 0 N–H and O–H groups in total. The van der Waals surface area contributed by atoms with Gasteiger partial charge < -0.3 is 4.90 Å². The maximum atomic E-state index is 2.55. The van der Waals surface area contributed by atoms with Crippen LogP contribution in [0.15, 0.2) is 0 Å². The number of nitrogens with zero attached hydrogens (tertiary/aromatic N) is 2. The van der Waals surface area contributed by atoms with E-state index in [2.05, 4.69) is 65.3 Å². The van der Waals surface area contributed by atoms with E-state index in [1.54, 1.807) is 0 Å². The molecule has 0 aliphatic heterocycles. The zero-order valence-electron chi connectivity index (χ0n) is 12.7. The van der Waals surface area contributed by atoms with Gasteiger partial charge in [0.25, 0.3) is 0 Å². The highest BCUT2D eigenvalue weighted by Gasteiger charge is 2.26. The molecule has 0 aromatic rings. The Morgan fingerprint density at radius 2 is 1.31 bits per heavy atom. The van der Waals surface area contributed by atoms with Crippen LogP contribution in [-0.2, 0) is 0 Å². The maximum Gasteiger partial charge on any atom is 0.0165 e. The molecule has 0 aromatic carbocycles. The van der Waals surface area contributed by atoms with Gasteiger partial charge in [-0.3, -0.25) is 4.90 Å². The summed E-state index contributed by atoms with van der Waals surface area (Å²) < 4.78 is 0. The van der Waals surface area contributed by atoms with E-state index in [1.165, 1.54) is 6.42 Å². The van der Waals surface area contributed by atoms with Crippen molar-refractivity contribution in [3.05, 3.63) is 0 Å². The van der Waals surface area contributed by atoms with Gasteiger partial charge in [0.2, 0.25) is 0 Å². The van der Waals surface area contributed by atoms with E-state index in [4.69, 9.17) is 0 Å². The van der Waals surface area contributed by atoms with Gasteiger partial charge in [0, 0.05) is 17.6 Å². The molecule has 0 saturated carbocycles. The van der Waals surface area contributed by atoms with Crippen LogP contribution in [0.5, 0.6) is 0 Å². The van der Waals surface area contributed by atoms with Crippen molar-refractivity contribution in [3.8, 4) is 0 Å². The van der Waals surface area contributed by atoms with Gasteiger partial charge in [-0.1, -0.05) is 13.8 Å². The lowest BCUT2D eigenvalue weighted by atomic mass is 9.96. The SMILES string of the molecule is CCN(CC)C(C)(C)CCN(C)C(C)(C)C. The highest BCUT2D eigenvalue weighted by atomic mass is 15.2. The summed E-state index contributed by atoms with van der Waals surface area (Å²) in [6, 6.07) is 0. The van der Waals surface area contributed by atoms with Crippen molar-refractivity contribution >= 4 is 0 Å². The van der Waals surface area contributed by atoms with E-state index >= 15 is 0 Å².